The zero-order valence-electron chi connectivity index (χ0n) is 12.5. The third kappa shape index (κ3) is 4.20. The largest absolute Gasteiger partial charge is 0.495 e. The molecule has 1 aromatic carbocycles. The van der Waals surface area contributed by atoms with Gasteiger partial charge in [0.2, 0.25) is 0 Å². The fourth-order valence-electron chi connectivity index (χ4n) is 1.74. The molecule has 1 N–H and O–H groups in total. The summed E-state index contributed by atoms with van der Waals surface area (Å²) < 4.78 is 7.23. The minimum atomic E-state index is 0.102. The zero-order chi connectivity index (χ0) is 15.6. The van der Waals surface area contributed by atoms with Gasteiger partial charge in [0.1, 0.15) is 5.75 Å². The van der Waals surface area contributed by atoms with Crippen LogP contribution in [0.25, 0.3) is 0 Å². The van der Waals surface area contributed by atoms with Crippen LogP contribution in [0.1, 0.15) is 31.5 Å². The second-order valence-electron chi connectivity index (χ2n) is 5.71. The van der Waals surface area contributed by atoms with Gasteiger partial charge in [0, 0.05) is 21.3 Å². The van der Waals surface area contributed by atoms with Gasteiger partial charge in [-0.15, -0.1) is 11.3 Å². The van der Waals surface area contributed by atoms with Crippen molar-refractivity contribution in [2.45, 2.75) is 32.7 Å². The maximum absolute atomic E-state index is 5.32. The van der Waals surface area contributed by atoms with Crippen LogP contribution in [0.15, 0.2) is 26.5 Å². The van der Waals surface area contributed by atoms with E-state index in [0.717, 1.165) is 31.1 Å². The molecule has 21 heavy (non-hydrogen) atoms. The van der Waals surface area contributed by atoms with Gasteiger partial charge in [0.25, 0.3) is 0 Å². The Kier molecular flexibility index (Phi) is 5.33. The van der Waals surface area contributed by atoms with E-state index in [4.69, 9.17) is 4.74 Å². The summed E-state index contributed by atoms with van der Waals surface area (Å²) >= 11 is 8.74. The minimum absolute atomic E-state index is 0.102. The van der Waals surface area contributed by atoms with Gasteiger partial charge in [-0.3, -0.25) is 0 Å². The molecule has 0 aliphatic carbocycles. The van der Waals surface area contributed by atoms with Crippen LogP contribution in [0.5, 0.6) is 5.75 Å². The Morgan fingerprint density at radius 3 is 2.52 bits per heavy atom. The SMILES string of the molecule is COc1cc(NCc2csc(C(C)(C)C)n2)c(Br)cc1Br. The molecule has 0 saturated heterocycles. The number of ether oxygens (including phenoxy) is 1. The number of rotatable bonds is 4. The molecular weight excluding hydrogens is 416 g/mol. The topological polar surface area (TPSA) is 34.1 Å². The standard InChI is InChI=1S/C15H18Br2N2OS/c1-15(2,3)14-19-9(8-21-14)7-18-12-6-13(20-4)11(17)5-10(12)16/h5-6,8,18H,7H2,1-4H3. The van der Waals surface area contributed by atoms with Crippen molar-refractivity contribution in [3.8, 4) is 5.75 Å². The lowest BCUT2D eigenvalue weighted by Crippen LogP contribution is -2.11. The monoisotopic (exact) mass is 432 g/mol. The van der Waals surface area contributed by atoms with E-state index in [0.29, 0.717) is 6.54 Å². The fourth-order valence-corrected chi connectivity index (χ4v) is 3.94. The highest BCUT2D eigenvalue weighted by molar-refractivity contribution is 9.11. The molecule has 0 fully saturated rings. The average molecular weight is 434 g/mol. The van der Waals surface area contributed by atoms with E-state index < -0.39 is 0 Å². The number of aromatic nitrogens is 1. The van der Waals surface area contributed by atoms with Gasteiger partial charge < -0.3 is 10.1 Å². The number of nitrogens with zero attached hydrogens (tertiary/aromatic N) is 1. The maximum Gasteiger partial charge on any atom is 0.135 e. The molecule has 0 aliphatic rings. The lowest BCUT2D eigenvalue weighted by atomic mass is 9.98. The number of nitrogens with one attached hydrogen (secondary N) is 1. The van der Waals surface area contributed by atoms with Crippen molar-refractivity contribution in [3.05, 3.63) is 37.2 Å². The van der Waals surface area contributed by atoms with Gasteiger partial charge >= 0.3 is 0 Å². The summed E-state index contributed by atoms with van der Waals surface area (Å²) in [5.74, 6) is 0.800. The smallest absolute Gasteiger partial charge is 0.135 e. The van der Waals surface area contributed by atoms with E-state index in [1.807, 2.05) is 12.1 Å². The molecule has 0 amide bonds. The lowest BCUT2D eigenvalue weighted by Gasteiger charge is -2.14. The van der Waals surface area contributed by atoms with Crippen LogP contribution < -0.4 is 10.1 Å². The number of hydrogen-bond acceptors (Lipinski definition) is 4. The van der Waals surface area contributed by atoms with E-state index in [1.165, 1.54) is 0 Å². The third-order valence-electron chi connectivity index (χ3n) is 2.89. The van der Waals surface area contributed by atoms with Crippen molar-refractivity contribution in [3.63, 3.8) is 0 Å². The predicted molar refractivity (Wildman–Crippen MR) is 96.5 cm³/mol. The number of thiazole rings is 1. The normalized spacial score (nSPS) is 11.5. The van der Waals surface area contributed by atoms with Crippen molar-refractivity contribution in [1.29, 1.82) is 0 Å². The summed E-state index contributed by atoms with van der Waals surface area (Å²) in [6, 6.07) is 3.94. The van der Waals surface area contributed by atoms with Crippen molar-refractivity contribution in [2.75, 3.05) is 12.4 Å². The van der Waals surface area contributed by atoms with E-state index in [2.05, 4.69) is 68.3 Å². The summed E-state index contributed by atoms with van der Waals surface area (Å²) in [7, 11) is 1.66. The summed E-state index contributed by atoms with van der Waals surface area (Å²) in [5.41, 5.74) is 2.14. The first kappa shape index (κ1) is 16.8. The predicted octanol–water partition coefficient (Wildman–Crippen LogP) is 5.59. The first-order valence-corrected chi connectivity index (χ1v) is 8.99. The highest BCUT2D eigenvalue weighted by Gasteiger charge is 2.18. The number of methoxy groups -OCH3 is 1. The van der Waals surface area contributed by atoms with Crippen LogP contribution in [-0.4, -0.2) is 12.1 Å². The first-order valence-electron chi connectivity index (χ1n) is 6.53. The summed E-state index contributed by atoms with van der Waals surface area (Å²) in [6.45, 7) is 7.23. The Hall–Kier alpha value is -0.590. The van der Waals surface area contributed by atoms with Gasteiger partial charge in [-0.25, -0.2) is 4.98 Å². The molecule has 114 valence electrons. The van der Waals surface area contributed by atoms with Gasteiger partial charge in [0.15, 0.2) is 0 Å². The number of anilines is 1. The summed E-state index contributed by atoms with van der Waals surface area (Å²) in [5, 5.41) is 6.66. The Bertz CT molecular complexity index is 635. The Morgan fingerprint density at radius 1 is 1.24 bits per heavy atom. The molecule has 0 aliphatic heterocycles. The van der Waals surface area contributed by atoms with Gasteiger partial charge in [-0.2, -0.15) is 0 Å². The van der Waals surface area contributed by atoms with Gasteiger partial charge in [0.05, 0.1) is 34.5 Å². The molecule has 0 spiro atoms. The molecule has 0 atom stereocenters. The highest BCUT2D eigenvalue weighted by atomic mass is 79.9. The Balaban J connectivity index is 2.11. The van der Waals surface area contributed by atoms with Crippen LogP contribution in [0.4, 0.5) is 5.69 Å². The number of hydrogen-bond donors (Lipinski definition) is 1. The average Bonchev–Trinajstić information content (AvgIpc) is 2.86. The Morgan fingerprint density at radius 2 is 1.95 bits per heavy atom. The minimum Gasteiger partial charge on any atom is -0.495 e. The van der Waals surface area contributed by atoms with E-state index >= 15 is 0 Å². The van der Waals surface area contributed by atoms with Gasteiger partial charge in [-0.05, 0) is 37.9 Å². The van der Waals surface area contributed by atoms with Crippen LogP contribution >= 0.6 is 43.2 Å². The number of halogens is 2. The summed E-state index contributed by atoms with van der Waals surface area (Å²) in [4.78, 5) is 4.69. The zero-order valence-corrected chi connectivity index (χ0v) is 16.4. The molecule has 1 heterocycles. The van der Waals surface area contributed by atoms with Crippen molar-refractivity contribution in [1.82, 2.24) is 4.98 Å². The van der Waals surface area contributed by atoms with Crippen LogP contribution in [-0.2, 0) is 12.0 Å². The molecule has 0 radical (unpaired) electrons. The van der Waals surface area contributed by atoms with E-state index in [1.54, 1.807) is 18.4 Å². The van der Waals surface area contributed by atoms with Gasteiger partial charge in [-0.1, -0.05) is 20.8 Å². The molecule has 1 aromatic heterocycles. The molecular formula is C15H18Br2N2OS. The number of benzene rings is 1. The molecule has 2 aromatic rings. The van der Waals surface area contributed by atoms with Crippen LogP contribution in [0.3, 0.4) is 0 Å². The molecule has 2 rings (SSSR count). The highest BCUT2D eigenvalue weighted by Crippen LogP contribution is 2.35. The fraction of sp³-hybridized carbons (Fsp3) is 0.400. The first-order chi connectivity index (χ1) is 9.81. The third-order valence-corrected chi connectivity index (χ3v) is 5.49. The Labute approximate surface area is 146 Å². The molecule has 0 saturated carbocycles. The van der Waals surface area contributed by atoms with Crippen molar-refractivity contribution in [2.24, 2.45) is 0 Å². The van der Waals surface area contributed by atoms with E-state index in [9.17, 15) is 0 Å². The maximum atomic E-state index is 5.32. The van der Waals surface area contributed by atoms with Crippen molar-refractivity contribution < 1.29 is 4.74 Å². The summed E-state index contributed by atoms with van der Waals surface area (Å²) in [6.07, 6.45) is 0. The quantitative estimate of drug-likeness (QED) is 0.682. The second-order valence-corrected chi connectivity index (χ2v) is 8.28. The molecule has 0 bridgehead atoms. The second kappa shape index (κ2) is 6.67. The molecule has 6 heteroatoms. The van der Waals surface area contributed by atoms with Crippen molar-refractivity contribution >= 4 is 48.9 Å². The molecule has 3 nitrogen and oxygen atoms in total. The molecule has 0 unspecified atom stereocenters. The van der Waals surface area contributed by atoms with Crippen LogP contribution in [0.2, 0.25) is 0 Å². The lowest BCUT2D eigenvalue weighted by molar-refractivity contribution is 0.412. The van der Waals surface area contributed by atoms with E-state index in [-0.39, 0.29) is 5.41 Å². The van der Waals surface area contributed by atoms with Crippen LogP contribution in [0, 0.1) is 0 Å².